The maximum absolute atomic E-state index is 3.57. The van der Waals surface area contributed by atoms with Crippen molar-refractivity contribution in [3.05, 3.63) is 28.2 Å². The van der Waals surface area contributed by atoms with E-state index in [9.17, 15) is 0 Å². The fourth-order valence-electron chi connectivity index (χ4n) is 2.11. The maximum Gasteiger partial charge on any atom is 0.0487 e. The van der Waals surface area contributed by atoms with E-state index < -0.39 is 0 Å². The van der Waals surface area contributed by atoms with Crippen LogP contribution < -0.4 is 10.6 Å². The molecule has 1 atom stereocenters. The molecule has 1 fully saturated rings. The first-order valence-corrected chi connectivity index (χ1v) is 6.78. The summed E-state index contributed by atoms with van der Waals surface area (Å²) >= 11 is 3.57. The Kier molecular flexibility index (Phi) is 4.24. The van der Waals surface area contributed by atoms with Crippen molar-refractivity contribution in [3.63, 3.8) is 0 Å². The zero-order valence-corrected chi connectivity index (χ0v) is 11.3. The Bertz CT molecular complexity index is 346. The quantitative estimate of drug-likeness (QED) is 0.889. The van der Waals surface area contributed by atoms with E-state index in [1.807, 2.05) is 0 Å². The third-order valence-electron chi connectivity index (χ3n) is 3.07. The first-order valence-electron chi connectivity index (χ1n) is 5.99. The molecule has 3 heteroatoms. The predicted molar refractivity (Wildman–Crippen MR) is 73.0 cm³/mol. The monoisotopic (exact) mass is 282 g/mol. The number of halogens is 1. The smallest absolute Gasteiger partial charge is 0.0487 e. The lowest BCUT2D eigenvalue weighted by Crippen LogP contribution is -2.39. The molecule has 1 unspecified atom stereocenters. The topological polar surface area (TPSA) is 24.1 Å². The lowest BCUT2D eigenvalue weighted by atomic mass is 10.1. The van der Waals surface area contributed by atoms with Crippen LogP contribution in [0.5, 0.6) is 0 Å². The van der Waals surface area contributed by atoms with E-state index in [1.165, 1.54) is 37.1 Å². The van der Waals surface area contributed by atoms with Crippen LogP contribution in [0.1, 0.15) is 24.8 Å². The highest BCUT2D eigenvalue weighted by Gasteiger charge is 2.12. The van der Waals surface area contributed by atoms with Crippen molar-refractivity contribution in [2.45, 2.75) is 32.2 Å². The molecule has 1 aliphatic rings. The molecule has 2 rings (SSSR count). The number of benzene rings is 1. The van der Waals surface area contributed by atoms with Crippen LogP contribution in [-0.2, 0) is 0 Å². The minimum absolute atomic E-state index is 0.626. The van der Waals surface area contributed by atoms with Gasteiger partial charge in [0.25, 0.3) is 0 Å². The summed E-state index contributed by atoms with van der Waals surface area (Å²) in [6, 6.07) is 7.04. The van der Waals surface area contributed by atoms with E-state index in [2.05, 4.69) is 51.7 Å². The fourth-order valence-corrected chi connectivity index (χ4v) is 2.49. The third-order valence-corrected chi connectivity index (χ3v) is 3.76. The number of hydrogen-bond acceptors (Lipinski definition) is 2. The first kappa shape index (κ1) is 11.9. The molecule has 1 aromatic carbocycles. The van der Waals surface area contributed by atoms with Crippen LogP contribution in [0.2, 0.25) is 0 Å². The summed E-state index contributed by atoms with van der Waals surface area (Å²) in [5.41, 5.74) is 2.50. The molecule has 16 heavy (non-hydrogen) atoms. The highest BCUT2D eigenvalue weighted by molar-refractivity contribution is 9.10. The second kappa shape index (κ2) is 5.69. The lowest BCUT2D eigenvalue weighted by molar-refractivity contribution is 0.414. The Morgan fingerprint density at radius 3 is 3.06 bits per heavy atom. The molecule has 0 radical (unpaired) electrons. The molecule has 1 aliphatic heterocycles. The van der Waals surface area contributed by atoms with Crippen LogP contribution in [0.25, 0.3) is 0 Å². The molecule has 1 saturated heterocycles. The molecule has 1 aromatic rings. The van der Waals surface area contributed by atoms with E-state index >= 15 is 0 Å². The standard InChI is InChI=1S/C13H19BrN2/c1-10-5-6-12(14)13(8-10)16-9-11-4-2-3-7-15-11/h5-6,8,11,15-16H,2-4,7,9H2,1H3. The van der Waals surface area contributed by atoms with Gasteiger partial charge in [-0.25, -0.2) is 0 Å². The molecule has 0 bridgehead atoms. The van der Waals surface area contributed by atoms with Gasteiger partial charge in [-0.1, -0.05) is 12.5 Å². The van der Waals surface area contributed by atoms with Crippen molar-refractivity contribution in [2.75, 3.05) is 18.4 Å². The van der Waals surface area contributed by atoms with Gasteiger partial charge in [-0.2, -0.15) is 0 Å². The van der Waals surface area contributed by atoms with Gasteiger partial charge in [0, 0.05) is 22.7 Å². The molecule has 88 valence electrons. The summed E-state index contributed by atoms with van der Waals surface area (Å²) in [6.45, 7) is 4.31. The van der Waals surface area contributed by atoms with Gasteiger partial charge in [0.15, 0.2) is 0 Å². The predicted octanol–water partition coefficient (Wildman–Crippen LogP) is 3.31. The molecular formula is C13H19BrN2. The van der Waals surface area contributed by atoms with E-state index in [0.717, 1.165) is 11.0 Å². The van der Waals surface area contributed by atoms with Gasteiger partial charge in [-0.05, 0) is 59.9 Å². The van der Waals surface area contributed by atoms with E-state index in [1.54, 1.807) is 0 Å². The van der Waals surface area contributed by atoms with Crippen LogP contribution in [0.3, 0.4) is 0 Å². The summed E-state index contributed by atoms with van der Waals surface area (Å²) in [6.07, 6.45) is 3.97. The maximum atomic E-state index is 3.57. The van der Waals surface area contributed by atoms with Crippen LogP contribution in [0.4, 0.5) is 5.69 Å². The SMILES string of the molecule is Cc1ccc(Br)c(NCC2CCCCN2)c1. The average Bonchev–Trinajstić information content (AvgIpc) is 2.32. The summed E-state index contributed by atoms with van der Waals surface area (Å²) in [5, 5.41) is 7.06. The molecule has 2 nitrogen and oxygen atoms in total. The minimum atomic E-state index is 0.626. The molecule has 1 heterocycles. The van der Waals surface area contributed by atoms with Crippen LogP contribution in [-0.4, -0.2) is 19.1 Å². The van der Waals surface area contributed by atoms with Crippen molar-refractivity contribution >= 4 is 21.6 Å². The first-order chi connectivity index (χ1) is 7.75. The largest absolute Gasteiger partial charge is 0.383 e. The van der Waals surface area contributed by atoms with Gasteiger partial charge in [0.05, 0.1) is 0 Å². The summed E-state index contributed by atoms with van der Waals surface area (Å²) in [5.74, 6) is 0. The second-order valence-corrected chi connectivity index (χ2v) is 5.37. The van der Waals surface area contributed by atoms with Crippen LogP contribution in [0.15, 0.2) is 22.7 Å². The molecule has 0 aliphatic carbocycles. The van der Waals surface area contributed by atoms with E-state index in [4.69, 9.17) is 0 Å². The summed E-state index contributed by atoms with van der Waals surface area (Å²) < 4.78 is 1.15. The van der Waals surface area contributed by atoms with Gasteiger partial charge in [-0.3, -0.25) is 0 Å². The van der Waals surface area contributed by atoms with E-state index in [-0.39, 0.29) is 0 Å². The van der Waals surface area contributed by atoms with Gasteiger partial charge in [0.2, 0.25) is 0 Å². The Hall–Kier alpha value is -0.540. The highest BCUT2D eigenvalue weighted by Crippen LogP contribution is 2.23. The molecule has 0 aromatic heterocycles. The van der Waals surface area contributed by atoms with Gasteiger partial charge in [0.1, 0.15) is 0 Å². The number of aryl methyl sites for hydroxylation is 1. The molecular weight excluding hydrogens is 264 g/mol. The number of hydrogen-bond donors (Lipinski definition) is 2. The Morgan fingerprint density at radius 2 is 2.31 bits per heavy atom. The van der Waals surface area contributed by atoms with Gasteiger partial charge < -0.3 is 10.6 Å². The number of rotatable bonds is 3. The molecule has 0 spiro atoms. The van der Waals surface area contributed by atoms with Crippen LogP contribution >= 0.6 is 15.9 Å². The van der Waals surface area contributed by atoms with Crippen molar-refractivity contribution in [1.29, 1.82) is 0 Å². The highest BCUT2D eigenvalue weighted by atomic mass is 79.9. The number of anilines is 1. The molecule has 2 N–H and O–H groups in total. The number of nitrogens with one attached hydrogen (secondary N) is 2. The van der Waals surface area contributed by atoms with Crippen molar-refractivity contribution in [3.8, 4) is 0 Å². The van der Waals surface area contributed by atoms with Gasteiger partial charge >= 0.3 is 0 Å². The summed E-state index contributed by atoms with van der Waals surface area (Å²) in [7, 11) is 0. The Balaban J connectivity index is 1.90. The van der Waals surface area contributed by atoms with E-state index in [0.29, 0.717) is 6.04 Å². The third kappa shape index (κ3) is 3.22. The normalized spacial score (nSPS) is 20.8. The van der Waals surface area contributed by atoms with Crippen LogP contribution in [0, 0.1) is 6.92 Å². The minimum Gasteiger partial charge on any atom is -0.383 e. The molecule has 0 amide bonds. The van der Waals surface area contributed by atoms with Gasteiger partial charge in [-0.15, -0.1) is 0 Å². The Morgan fingerprint density at radius 1 is 1.44 bits per heavy atom. The fraction of sp³-hybridized carbons (Fsp3) is 0.538. The number of piperidine rings is 1. The summed E-state index contributed by atoms with van der Waals surface area (Å²) in [4.78, 5) is 0. The second-order valence-electron chi connectivity index (χ2n) is 4.51. The molecule has 0 saturated carbocycles. The zero-order chi connectivity index (χ0) is 11.4. The lowest BCUT2D eigenvalue weighted by Gasteiger charge is -2.24. The zero-order valence-electron chi connectivity index (χ0n) is 9.72. The Labute approximate surface area is 106 Å². The van der Waals surface area contributed by atoms with Crippen molar-refractivity contribution in [1.82, 2.24) is 5.32 Å². The van der Waals surface area contributed by atoms with Crippen molar-refractivity contribution < 1.29 is 0 Å². The van der Waals surface area contributed by atoms with Crippen molar-refractivity contribution in [2.24, 2.45) is 0 Å². The average molecular weight is 283 g/mol.